The second-order valence-electron chi connectivity index (χ2n) is 9.58. The number of halogens is 3. The van der Waals surface area contributed by atoms with Crippen molar-refractivity contribution in [2.45, 2.75) is 31.2 Å². The number of anilines is 1. The molecule has 0 radical (unpaired) electrons. The van der Waals surface area contributed by atoms with E-state index < -0.39 is 68.6 Å². The van der Waals surface area contributed by atoms with Gasteiger partial charge in [0.25, 0.3) is 5.09 Å². The van der Waals surface area contributed by atoms with Crippen LogP contribution in [0.5, 0.6) is 11.5 Å². The zero-order chi connectivity index (χ0) is 30.9. The number of ether oxygens (including phenoxy) is 3. The highest BCUT2D eigenvalue weighted by Crippen LogP contribution is 2.52. The third kappa shape index (κ3) is 5.51. The number of carbonyl (C=O) groups excluding carboxylic acids is 1. The van der Waals surface area contributed by atoms with Crippen LogP contribution in [0, 0.1) is 16.0 Å². The van der Waals surface area contributed by atoms with Crippen molar-refractivity contribution < 1.29 is 50.5 Å². The van der Waals surface area contributed by atoms with E-state index in [0.29, 0.717) is 16.5 Å². The van der Waals surface area contributed by atoms with Gasteiger partial charge in [0.05, 0.1) is 24.5 Å². The van der Waals surface area contributed by atoms with E-state index in [2.05, 4.69) is 4.84 Å². The Balaban J connectivity index is 1.78. The molecule has 1 aliphatic carbocycles. The molecule has 0 aromatic heterocycles. The molecule has 2 aromatic rings. The van der Waals surface area contributed by atoms with Gasteiger partial charge >= 0.3 is 12.1 Å². The van der Waals surface area contributed by atoms with Gasteiger partial charge in [-0.2, -0.15) is 13.2 Å². The average molecular weight is 623 g/mol. The van der Waals surface area contributed by atoms with Crippen molar-refractivity contribution >= 4 is 27.3 Å². The van der Waals surface area contributed by atoms with Crippen LogP contribution in [-0.2, 0) is 37.0 Å². The normalized spacial score (nSPS) is 20.1. The monoisotopic (exact) mass is 622 g/mol. The van der Waals surface area contributed by atoms with Gasteiger partial charge in [0.15, 0.2) is 11.5 Å². The fourth-order valence-electron chi connectivity index (χ4n) is 5.27. The van der Waals surface area contributed by atoms with Crippen molar-refractivity contribution in [1.82, 2.24) is 0 Å². The number of rotatable bonds is 9. The molecule has 3 aliphatic rings. The number of nitrogens with zero attached hydrogens (tertiary/aromatic N) is 2. The SMILES string of the molecule is CCc1ccc(C2=C(C(=O)OCCCO[N+](=O)[O-])N(c3ccccc3C(F)(F)F)S(=O)(=O)C3C=CC=CC23)c2c1OCO2. The van der Waals surface area contributed by atoms with Gasteiger partial charge in [-0.1, -0.05) is 55.5 Å². The van der Waals surface area contributed by atoms with E-state index in [0.717, 1.165) is 23.8 Å². The summed E-state index contributed by atoms with van der Waals surface area (Å²) in [5, 5.41) is 8.05. The molecule has 5 rings (SSSR count). The topological polar surface area (TPSA) is 135 Å². The van der Waals surface area contributed by atoms with Gasteiger partial charge in [0.1, 0.15) is 10.9 Å². The highest BCUT2D eigenvalue weighted by Gasteiger charge is 2.51. The highest BCUT2D eigenvalue weighted by molar-refractivity contribution is 7.94. The van der Waals surface area contributed by atoms with E-state index >= 15 is 0 Å². The first-order valence-electron chi connectivity index (χ1n) is 13.1. The van der Waals surface area contributed by atoms with Crippen LogP contribution in [0.15, 0.2) is 66.4 Å². The van der Waals surface area contributed by atoms with E-state index in [4.69, 9.17) is 14.2 Å². The van der Waals surface area contributed by atoms with Crippen molar-refractivity contribution in [3.8, 4) is 11.5 Å². The lowest BCUT2D eigenvalue weighted by atomic mass is 9.84. The van der Waals surface area contributed by atoms with E-state index in [1.165, 1.54) is 18.2 Å². The Hall–Kier alpha value is -4.53. The Morgan fingerprint density at radius 2 is 1.81 bits per heavy atom. The Labute approximate surface area is 243 Å². The largest absolute Gasteiger partial charge is 0.461 e. The Morgan fingerprint density at radius 3 is 2.53 bits per heavy atom. The number of hydrogen-bond donors (Lipinski definition) is 0. The molecule has 43 heavy (non-hydrogen) atoms. The lowest BCUT2D eigenvalue weighted by Crippen LogP contribution is -2.49. The maximum Gasteiger partial charge on any atom is 0.418 e. The van der Waals surface area contributed by atoms with Crippen LogP contribution in [0.3, 0.4) is 0 Å². The zero-order valence-electron chi connectivity index (χ0n) is 22.6. The predicted octanol–water partition coefficient (Wildman–Crippen LogP) is 4.81. The summed E-state index contributed by atoms with van der Waals surface area (Å²) in [7, 11) is -4.72. The zero-order valence-corrected chi connectivity index (χ0v) is 23.4. The molecule has 0 bridgehead atoms. The van der Waals surface area contributed by atoms with Crippen LogP contribution in [0.1, 0.15) is 30.0 Å². The molecule has 0 amide bonds. The minimum absolute atomic E-state index is 0.0494. The number of allylic oxidation sites excluding steroid dienone is 4. The summed E-state index contributed by atoms with van der Waals surface area (Å²) in [4.78, 5) is 28.5. The number of benzene rings is 2. The minimum atomic E-state index is -4.98. The van der Waals surface area contributed by atoms with Gasteiger partial charge in [-0.05, 0) is 24.1 Å². The van der Waals surface area contributed by atoms with E-state index in [1.54, 1.807) is 24.3 Å². The summed E-state index contributed by atoms with van der Waals surface area (Å²) in [5.74, 6) is -1.69. The minimum Gasteiger partial charge on any atom is -0.461 e. The van der Waals surface area contributed by atoms with Crippen LogP contribution in [0.25, 0.3) is 5.57 Å². The van der Waals surface area contributed by atoms with E-state index in [1.807, 2.05) is 6.92 Å². The fraction of sp³-hybridized carbons (Fsp3) is 0.321. The van der Waals surface area contributed by atoms with E-state index in [9.17, 15) is 36.5 Å². The molecule has 2 aliphatic heterocycles. The van der Waals surface area contributed by atoms with Crippen LogP contribution in [0.4, 0.5) is 18.9 Å². The highest BCUT2D eigenvalue weighted by atomic mass is 32.2. The molecule has 228 valence electrons. The Morgan fingerprint density at radius 1 is 1.09 bits per heavy atom. The van der Waals surface area contributed by atoms with Crippen LogP contribution >= 0.6 is 0 Å². The predicted molar refractivity (Wildman–Crippen MR) is 146 cm³/mol. The number of fused-ring (bicyclic) bond motifs is 2. The summed E-state index contributed by atoms with van der Waals surface area (Å²) in [6.07, 6.45) is 1.35. The van der Waals surface area contributed by atoms with Crippen molar-refractivity contribution in [2.75, 3.05) is 24.3 Å². The molecule has 0 saturated carbocycles. The molecule has 2 heterocycles. The Bertz CT molecular complexity index is 1650. The van der Waals surface area contributed by atoms with Crippen LogP contribution < -0.4 is 13.8 Å². The quantitative estimate of drug-likeness (QED) is 0.167. The first kappa shape index (κ1) is 29.9. The lowest BCUT2D eigenvalue weighted by Gasteiger charge is -2.41. The fourth-order valence-corrected chi connectivity index (χ4v) is 7.26. The first-order chi connectivity index (χ1) is 20.5. The Kier molecular flexibility index (Phi) is 8.10. The summed E-state index contributed by atoms with van der Waals surface area (Å²) in [5.41, 5.74) is -1.69. The average Bonchev–Trinajstić information content (AvgIpc) is 3.46. The van der Waals surface area contributed by atoms with Gasteiger partial charge in [-0.3, -0.25) is 0 Å². The number of para-hydroxylation sites is 1. The van der Waals surface area contributed by atoms with Crippen molar-refractivity contribution in [2.24, 2.45) is 5.92 Å². The molecule has 2 aromatic carbocycles. The number of carbonyl (C=O) groups is 1. The smallest absolute Gasteiger partial charge is 0.418 e. The molecule has 0 spiro atoms. The summed E-state index contributed by atoms with van der Waals surface area (Å²) in [6.45, 7) is 0.843. The summed E-state index contributed by atoms with van der Waals surface area (Å²) in [6, 6.07) is 7.33. The third-order valence-corrected chi connectivity index (χ3v) is 9.11. The van der Waals surface area contributed by atoms with Crippen LogP contribution in [0.2, 0.25) is 0 Å². The summed E-state index contributed by atoms with van der Waals surface area (Å²) >= 11 is 0. The maximum atomic E-state index is 14.3. The summed E-state index contributed by atoms with van der Waals surface area (Å²) < 4.78 is 88.3. The van der Waals surface area contributed by atoms with Crippen molar-refractivity contribution in [3.63, 3.8) is 0 Å². The van der Waals surface area contributed by atoms with Gasteiger partial charge in [0, 0.05) is 23.5 Å². The second kappa shape index (κ2) is 11.6. The molecule has 11 nitrogen and oxygen atoms in total. The van der Waals surface area contributed by atoms with Gasteiger partial charge in [-0.25, -0.2) is 17.5 Å². The van der Waals surface area contributed by atoms with E-state index in [-0.39, 0.29) is 30.1 Å². The number of hydrogen-bond acceptors (Lipinski definition) is 9. The molecule has 0 fully saturated rings. The molecule has 2 unspecified atom stereocenters. The van der Waals surface area contributed by atoms with Crippen molar-refractivity contribution in [3.05, 3.63) is 93.2 Å². The lowest BCUT2D eigenvalue weighted by molar-refractivity contribution is -0.757. The molecular formula is C28H25F3N2O9S. The molecular weight excluding hydrogens is 597 g/mol. The number of aryl methyl sites for hydroxylation is 1. The molecule has 2 atom stereocenters. The van der Waals surface area contributed by atoms with Crippen LogP contribution in [-0.4, -0.2) is 44.7 Å². The van der Waals surface area contributed by atoms with Gasteiger partial charge < -0.3 is 19.0 Å². The standard InChI is InChI=1S/C28H25F3N2O9S/c1-2-17-12-13-19(26-25(17)40-16-41-26)23-18-8-3-6-11-22(18)43(37,38)32(21-10-5-4-9-20(21)28(29,30)31)24(23)27(34)39-14-7-15-42-33(35)36/h3-6,8-13,18,22H,2,7,14-16H2,1H3. The number of alkyl halides is 3. The second-order valence-corrected chi connectivity index (χ2v) is 11.5. The van der Waals surface area contributed by atoms with Gasteiger partial charge in [0.2, 0.25) is 16.8 Å². The molecule has 0 saturated heterocycles. The van der Waals surface area contributed by atoms with Crippen molar-refractivity contribution in [1.29, 1.82) is 0 Å². The third-order valence-electron chi connectivity index (χ3n) is 7.09. The first-order valence-corrected chi connectivity index (χ1v) is 14.6. The van der Waals surface area contributed by atoms with Gasteiger partial charge in [-0.15, -0.1) is 10.1 Å². The maximum absolute atomic E-state index is 14.3. The number of sulfonamides is 1. The molecule has 0 N–H and O–H groups in total. The number of esters is 1. The molecule has 15 heteroatoms.